The minimum atomic E-state index is -0.530. The number of rotatable bonds is 4. The van der Waals surface area contributed by atoms with Crippen molar-refractivity contribution in [2.75, 3.05) is 5.32 Å². The second-order valence-electron chi connectivity index (χ2n) is 3.61. The van der Waals surface area contributed by atoms with Gasteiger partial charge in [0.2, 0.25) is 0 Å². The standard InChI is InChI=1S/C11H11N5O2/c1-8-12-5-4-10(15-8)7-13-9-2-3-11(14-6-9)16(17)18/h2-6,13H,7H2,1H3. The largest absolute Gasteiger partial charge is 0.376 e. The Hall–Kier alpha value is -2.57. The fourth-order valence-electron chi connectivity index (χ4n) is 1.39. The van der Waals surface area contributed by atoms with E-state index < -0.39 is 4.92 Å². The van der Waals surface area contributed by atoms with Gasteiger partial charge in [0.15, 0.2) is 6.20 Å². The summed E-state index contributed by atoms with van der Waals surface area (Å²) in [5.41, 5.74) is 1.55. The zero-order chi connectivity index (χ0) is 13.0. The van der Waals surface area contributed by atoms with Crippen LogP contribution in [-0.4, -0.2) is 19.9 Å². The van der Waals surface area contributed by atoms with Gasteiger partial charge in [-0.3, -0.25) is 0 Å². The number of hydrogen-bond acceptors (Lipinski definition) is 6. The first-order valence-electron chi connectivity index (χ1n) is 5.28. The number of nitrogens with zero attached hydrogens (tertiary/aromatic N) is 4. The van der Waals surface area contributed by atoms with Crippen molar-refractivity contribution >= 4 is 11.5 Å². The highest BCUT2D eigenvalue weighted by Gasteiger charge is 2.05. The monoisotopic (exact) mass is 245 g/mol. The van der Waals surface area contributed by atoms with Crippen molar-refractivity contribution in [3.05, 3.63) is 52.2 Å². The average Bonchev–Trinajstić information content (AvgIpc) is 2.37. The molecule has 2 aromatic rings. The van der Waals surface area contributed by atoms with Gasteiger partial charge in [-0.2, -0.15) is 0 Å². The van der Waals surface area contributed by atoms with Crippen LogP contribution in [0.2, 0.25) is 0 Å². The van der Waals surface area contributed by atoms with E-state index in [1.54, 1.807) is 18.3 Å². The second kappa shape index (κ2) is 5.17. The van der Waals surface area contributed by atoms with Crippen LogP contribution < -0.4 is 5.32 Å². The topological polar surface area (TPSA) is 93.8 Å². The first-order chi connectivity index (χ1) is 8.65. The van der Waals surface area contributed by atoms with Gasteiger partial charge in [0, 0.05) is 12.3 Å². The van der Waals surface area contributed by atoms with E-state index in [-0.39, 0.29) is 5.82 Å². The maximum atomic E-state index is 10.4. The van der Waals surface area contributed by atoms with Crippen LogP contribution in [0.1, 0.15) is 11.5 Å². The van der Waals surface area contributed by atoms with E-state index in [4.69, 9.17) is 0 Å². The highest BCUT2D eigenvalue weighted by molar-refractivity contribution is 5.43. The van der Waals surface area contributed by atoms with Gasteiger partial charge in [0.1, 0.15) is 5.82 Å². The predicted octanol–water partition coefficient (Wildman–Crippen LogP) is 1.70. The van der Waals surface area contributed by atoms with Gasteiger partial charge in [0.25, 0.3) is 0 Å². The smallest absolute Gasteiger partial charge is 0.363 e. The Morgan fingerprint density at radius 1 is 1.33 bits per heavy atom. The molecule has 92 valence electrons. The molecule has 0 bridgehead atoms. The highest BCUT2D eigenvalue weighted by atomic mass is 16.6. The molecule has 0 aliphatic heterocycles. The summed E-state index contributed by atoms with van der Waals surface area (Å²) in [7, 11) is 0. The molecule has 0 amide bonds. The van der Waals surface area contributed by atoms with Gasteiger partial charge >= 0.3 is 5.82 Å². The summed E-state index contributed by atoms with van der Waals surface area (Å²) in [5, 5.41) is 13.5. The third-order valence-corrected chi connectivity index (χ3v) is 2.24. The molecule has 1 N–H and O–H groups in total. The summed E-state index contributed by atoms with van der Waals surface area (Å²) in [6, 6.07) is 4.77. The third-order valence-electron chi connectivity index (χ3n) is 2.24. The van der Waals surface area contributed by atoms with Crippen LogP contribution in [0.5, 0.6) is 0 Å². The van der Waals surface area contributed by atoms with E-state index in [0.717, 1.165) is 5.69 Å². The average molecular weight is 245 g/mol. The molecule has 0 spiro atoms. The van der Waals surface area contributed by atoms with Gasteiger partial charge in [-0.05, 0) is 29.0 Å². The fourth-order valence-corrected chi connectivity index (χ4v) is 1.39. The van der Waals surface area contributed by atoms with Crippen LogP contribution in [0, 0.1) is 17.0 Å². The molecular formula is C11H11N5O2. The van der Waals surface area contributed by atoms with Gasteiger partial charge in [-0.1, -0.05) is 0 Å². The summed E-state index contributed by atoms with van der Waals surface area (Å²) in [6.07, 6.45) is 3.11. The molecule has 0 fully saturated rings. The maximum Gasteiger partial charge on any atom is 0.363 e. The van der Waals surface area contributed by atoms with Crippen LogP contribution in [-0.2, 0) is 6.54 Å². The molecule has 7 heteroatoms. The summed E-state index contributed by atoms with van der Waals surface area (Å²) >= 11 is 0. The fraction of sp³-hybridized carbons (Fsp3) is 0.182. The first-order valence-corrected chi connectivity index (χ1v) is 5.28. The molecule has 0 aliphatic carbocycles. The van der Waals surface area contributed by atoms with Crippen LogP contribution in [0.25, 0.3) is 0 Å². The quantitative estimate of drug-likeness (QED) is 0.650. The number of aryl methyl sites for hydroxylation is 1. The number of hydrogen-bond donors (Lipinski definition) is 1. The van der Waals surface area contributed by atoms with Gasteiger partial charge in [-0.25, -0.2) is 9.97 Å². The second-order valence-corrected chi connectivity index (χ2v) is 3.61. The van der Waals surface area contributed by atoms with Gasteiger partial charge in [0.05, 0.1) is 17.9 Å². The lowest BCUT2D eigenvalue weighted by atomic mass is 10.3. The van der Waals surface area contributed by atoms with Crippen LogP contribution in [0.15, 0.2) is 30.6 Å². The molecule has 0 aliphatic rings. The molecule has 0 atom stereocenters. The number of nitrogens with one attached hydrogen (secondary N) is 1. The van der Waals surface area contributed by atoms with E-state index >= 15 is 0 Å². The molecule has 0 saturated carbocycles. The van der Waals surface area contributed by atoms with Crippen LogP contribution in [0.4, 0.5) is 11.5 Å². The van der Waals surface area contributed by atoms with Crippen molar-refractivity contribution in [3.63, 3.8) is 0 Å². The normalized spacial score (nSPS) is 10.1. The molecule has 7 nitrogen and oxygen atoms in total. The molecule has 2 heterocycles. The summed E-state index contributed by atoms with van der Waals surface area (Å²) in [4.78, 5) is 21.8. The lowest BCUT2D eigenvalue weighted by Gasteiger charge is -2.04. The molecule has 0 unspecified atom stereocenters. The lowest BCUT2D eigenvalue weighted by molar-refractivity contribution is -0.389. The predicted molar refractivity (Wildman–Crippen MR) is 65.0 cm³/mol. The van der Waals surface area contributed by atoms with Crippen molar-refractivity contribution < 1.29 is 4.92 Å². The SMILES string of the molecule is Cc1nccc(CNc2ccc([N+](=O)[O-])nc2)n1. The summed E-state index contributed by atoms with van der Waals surface area (Å²) < 4.78 is 0. The maximum absolute atomic E-state index is 10.4. The zero-order valence-corrected chi connectivity index (χ0v) is 9.70. The highest BCUT2D eigenvalue weighted by Crippen LogP contribution is 2.12. The Balaban J connectivity index is 2.00. The molecule has 2 aromatic heterocycles. The van der Waals surface area contributed by atoms with E-state index in [9.17, 15) is 10.1 Å². The third kappa shape index (κ3) is 2.97. The van der Waals surface area contributed by atoms with Gasteiger partial charge < -0.3 is 15.4 Å². The molecule has 18 heavy (non-hydrogen) atoms. The molecule has 0 radical (unpaired) electrons. The molecular weight excluding hydrogens is 234 g/mol. The zero-order valence-electron chi connectivity index (χ0n) is 9.70. The molecule has 2 rings (SSSR count). The van der Waals surface area contributed by atoms with Gasteiger partial charge in [-0.15, -0.1) is 0 Å². The van der Waals surface area contributed by atoms with Crippen LogP contribution >= 0.6 is 0 Å². The van der Waals surface area contributed by atoms with Crippen molar-refractivity contribution in [2.45, 2.75) is 13.5 Å². The number of nitro groups is 1. The Kier molecular flexibility index (Phi) is 3.42. The van der Waals surface area contributed by atoms with E-state index in [2.05, 4.69) is 20.3 Å². The van der Waals surface area contributed by atoms with Crippen molar-refractivity contribution in [1.82, 2.24) is 15.0 Å². The summed E-state index contributed by atoms with van der Waals surface area (Å²) in [6.45, 7) is 2.33. The van der Waals surface area contributed by atoms with Crippen LogP contribution in [0.3, 0.4) is 0 Å². The first kappa shape index (κ1) is 11.9. The van der Waals surface area contributed by atoms with Crippen molar-refractivity contribution in [2.24, 2.45) is 0 Å². The van der Waals surface area contributed by atoms with Crippen molar-refractivity contribution in [3.8, 4) is 0 Å². The van der Waals surface area contributed by atoms with E-state index in [0.29, 0.717) is 18.1 Å². The Morgan fingerprint density at radius 3 is 2.78 bits per heavy atom. The number of aromatic nitrogens is 3. The Bertz CT molecular complexity index is 556. The molecule has 0 saturated heterocycles. The Morgan fingerprint density at radius 2 is 2.17 bits per heavy atom. The van der Waals surface area contributed by atoms with E-state index in [1.807, 2.05) is 6.92 Å². The lowest BCUT2D eigenvalue weighted by Crippen LogP contribution is -2.03. The number of anilines is 1. The minimum Gasteiger partial charge on any atom is -0.376 e. The summed E-state index contributed by atoms with van der Waals surface area (Å²) in [5.74, 6) is 0.537. The van der Waals surface area contributed by atoms with E-state index in [1.165, 1.54) is 12.3 Å². The Labute approximate surface area is 103 Å². The minimum absolute atomic E-state index is 0.168. The number of pyridine rings is 1. The van der Waals surface area contributed by atoms with Crippen molar-refractivity contribution in [1.29, 1.82) is 0 Å². The molecule has 0 aromatic carbocycles.